The summed E-state index contributed by atoms with van der Waals surface area (Å²) in [6.07, 6.45) is -2.67. The lowest BCUT2D eigenvalue weighted by Crippen LogP contribution is -2.52. The van der Waals surface area contributed by atoms with Crippen LogP contribution < -0.4 is 0 Å². The van der Waals surface area contributed by atoms with Crippen molar-refractivity contribution < 1.29 is 26.4 Å². The van der Waals surface area contributed by atoms with Gasteiger partial charge in [0.25, 0.3) is 0 Å². The number of hydrogen-bond donors (Lipinski definition) is 0. The topological polar surface area (TPSA) is 51.2 Å². The van der Waals surface area contributed by atoms with E-state index in [0.717, 1.165) is 30.0 Å². The summed E-state index contributed by atoms with van der Waals surface area (Å²) in [5.74, 6) is 0.439. The molecule has 0 spiro atoms. The number of Topliss-reactive ketones (excluding diaryl/α,β-unsaturated/α-hetero) is 1. The van der Waals surface area contributed by atoms with Crippen LogP contribution in [0, 0.1) is 0 Å². The highest BCUT2D eigenvalue weighted by atomic mass is 32.2. The fourth-order valence-electron chi connectivity index (χ4n) is 3.08. The van der Waals surface area contributed by atoms with E-state index in [4.69, 9.17) is 0 Å². The minimum atomic E-state index is -4.53. The molecule has 0 bridgehead atoms. The van der Waals surface area contributed by atoms with E-state index in [1.807, 2.05) is 0 Å². The number of carbonyl (C=O) groups is 1. The van der Waals surface area contributed by atoms with E-state index >= 15 is 0 Å². The van der Waals surface area contributed by atoms with Crippen molar-refractivity contribution in [3.63, 3.8) is 0 Å². The van der Waals surface area contributed by atoms with Crippen LogP contribution in [-0.4, -0.2) is 29.4 Å². The minimum Gasteiger partial charge on any atom is -0.298 e. The first-order chi connectivity index (χ1) is 12.3. The molecule has 3 nitrogen and oxygen atoms in total. The van der Waals surface area contributed by atoms with Crippen LogP contribution in [0.4, 0.5) is 13.2 Å². The van der Waals surface area contributed by atoms with Crippen molar-refractivity contribution in [3.8, 4) is 0 Å². The molecule has 0 unspecified atom stereocenters. The Hall–Kier alpha value is -1.02. The van der Waals surface area contributed by atoms with Gasteiger partial charge in [0.2, 0.25) is 0 Å². The summed E-state index contributed by atoms with van der Waals surface area (Å²) in [4.78, 5) is 12.5. The zero-order valence-corrected chi connectivity index (χ0v) is 17.4. The van der Waals surface area contributed by atoms with Crippen molar-refractivity contribution >= 4 is 27.4 Å². The van der Waals surface area contributed by atoms with E-state index in [1.54, 1.807) is 11.8 Å². The van der Waals surface area contributed by atoms with Crippen molar-refractivity contribution in [1.29, 1.82) is 0 Å². The molecule has 0 N–H and O–H groups in total. The van der Waals surface area contributed by atoms with Crippen molar-refractivity contribution in [2.24, 2.45) is 0 Å². The van der Waals surface area contributed by atoms with E-state index in [0.29, 0.717) is 12.8 Å². The Morgan fingerprint density at radius 3 is 2.07 bits per heavy atom. The third-order valence-electron chi connectivity index (χ3n) is 4.76. The van der Waals surface area contributed by atoms with Crippen LogP contribution in [0.1, 0.15) is 58.4 Å². The summed E-state index contributed by atoms with van der Waals surface area (Å²) in [6, 6.07) is 3.43. The summed E-state index contributed by atoms with van der Waals surface area (Å²) >= 11 is 1.71. The first kappa shape index (κ1) is 22.3. The quantitative estimate of drug-likeness (QED) is 0.561. The Kier molecular flexibility index (Phi) is 6.41. The summed E-state index contributed by atoms with van der Waals surface area (Å²) in [7, 11) is -4.01. The van der Waals surface area contributed by atoms with Gasteiger partial charge in [0.05, 0.1) is 10.5 Å². The molecule has 152 valence electrons. The predicted octanol–water partition coefficient (Wildman–Crippen LogP) is 5.28. The molecular formula is C19H25F3O3S2. The average molecular weight is 423 g/mol. The van der Waals surface area contributed by atoms with Gasteiger partial charge in [-0.25, -0.2) is 8.42 Å². The predicted molar refractivity (Wildman–Crippen MR) is 102 cm³/mol. The Balaban J connectivity index is 2.15. The third kappa shape index (κ3) is 4.88. The summed E-state index contributed by atoms with van der Waals surface area (Å²) in [5, 5.41) is 0. The number of hydrogen-bond acceptors (Lipinski definition) is 4. The summed E-state index contributed by atoms with van der Waals surface area (Å²) < 4.78 is 62.8. The first-order valence-corrected chi connectivity index (χ1v) is 11.4. The first-order valence-electron chi connectivity index (χ1n) is 8.89. The number of carbonyl (C=O) groups excluding carboxylic acids is 1. The molecule has 1 aromatic carbocycles. The number of thioether (sulfide) groups is 1. The highest BCUT2D eigenvalue weighted by molar-refractivity contribution is 8.00. The molecule has 0 aromatic heterocycles. The van der Waals surface area contributed by atoms with E-state index in [2.05, 4.69) is 20.8 Å². The lowest BCUT2D eigenvalue weighted by Gasteiger charge is -2.39. The van der Waals surface area contributed by atoms with Gasteiger partial charge >= 0.3 is 6.18 Å². The second-order valence-corrected chi connectivity index (χ2v) is 12.0. The molecule has 0 radical (unpaired) electrons. The van der Waals surface area contributed by atoms with Crippen molar-refractivity contribution in [2.75, 3.05) is 5.75 Å². The van der Waals surface area contributed by atoms with E-state index in [-0.39, 0.29) is 34.7 Å². The van der Waals surface area contributed by atoms with Crippen LogP contribution in [0.25, 0.3) is 0 Å². The van der Waals surface area contributed by atoms with Crippen molar-refractivity contribution in [2.45, 2.75) is 73.4 Å². The van der Waals surface area contributed by atoms with Gasteiger partial charge in [-0.1, -0.05) is 20.8 Å². The molecule has 8 heteroatoms. The van der Waals surface area contributed by atoms with Crippen LogP contribution in [0.2, 0.25) is 0 Å². The van der Waals surface area contributed by atoms with Crippen molar-refractivity contribution in [1.82, 2.24) is 0 Å². The Morgan fingerprint density at radius 1 is 1.11 bits per heavy atom. The molecule has 0 aliphatic heterocycles. The Morgan fingerprint density at radius 2 is 1.67 bits per heavy atom. The van der Waals surface area contributed by atoms with E-state index in [9.17, 15) is 26.4 Å². The number of halogens is 3. The fraction of sp³-hybridized carbons (Fsp3) is 0.632. The van der Waals surface area contributed by atoms with Crippen molar-refractivity contribution in [3.05, 3.63) is 29.8 Å². The molecule has 2 rings (SSSR count). The standard InChI is InChI=1S/C19H25F3O3S2/c1-17(2,3)26-13-4-6-16(23)18(11-5-12-18)27(24,25)15-9-7-14(8-10-15)19(20,21)22/h7-10H,4-6,11-13H2,1-3H3. The largest absolute Gasteiger partial charge is 0.416 e. The number of rotatable bonds is 7. The van der Waals surface area contributed by atoms with Gasteiger partial charge in [-0.15, -0.1) is 0 Å². The lowest BCUT2D eigenvalue weighted by molar-refractivity contribution is -0.137. The SMILES string of the molecule is CC(C)(C)SCCCC(=O)C1(S(=O)(=O)c2ccc(C(F)(F)F)cc2)CCC1. The second-order valence-electron chi connectivity index (χ2n) is 7.86. The molecule has 1 aliphatic carbocycles. The van der Waals surface area contributed by atoms with Gasteiger partial charge in [-0.3, -0.25) is 4.79 Å². The molecule has 0 amide bonds. The van der Waals surface area contributed by atoms with Gasteiger partial charge < -0.3 is 0 Å². The molecule has 0 heterocycles. The zero-order valence-electron chi connectivity index (χ0n) is 15.7. The van der Waals surface area contributed by atoms with Gasteiger partial charge in [-0.2, -0.15) is 24.9 Å². The maximum atomic E-state index is 13.0. The van der Waals surface area contributed by atoms with Crippen LogP contribution in [0.5, 0.6) is 0 Å². The number of sulfone groups is 1. The number of alkyl halides is 3. The van der Waals surface area contributed by atoms with E-state index in [1.165, 1.54) is 0 Å². The van der Waals surface area contributed by atoms with E-state index < -0.39 is 26.3 Å². The summed E-state index contributed by atoms with van der Waals surface area (Å²) in [6.45, 7) is 6.21. The molecule has 27 heavy (non-hydrogen) atoms. The Bertz CT molecular complexity index is 772. The highest BCUT2D eigenvalue weighted by Crippen LogP contribution is 2.45. The summed E-state index contributed by atoms with van der Waals surface area (Å²) in [5.41, 5.74) is -0.908. The number of ketones is 1. The average Bonchev–Trinajstić information content (AvgIpc) is 2.48. The smallest absolute Gasteiger partial charge is 0.298 e. The van der Waals surface area contributed by atoms with Gasteiger partial charge in [0.1, 0.15) is 4.75 Å². The van der Waals surface area contributed by atoms with Crippen LogP contribution >= 0.6 is 11.8 Å². The van der Waals surface area contributed by atoms with Crippen LogP contribution in [0.3, 0.4) is 0 Å². The minimum absolute atomic E-state index is 0.0729. The monoisotopic (exact) mass is 422 g/mol. The molecule has 1 fully saturated rings. The molecular weight excluding hydrogens is 397 g/mol. The van der Waals surface area contributed by atoms with Gasteiger partial charge in [-0.05, 0) is 55.7 Å². The second kappa shape index (κ2) is 7.78. The maximum Gasteiger partial charge on any atom is 0.416 e. The zero-order chi connectivity index (χ0) is 20.5. The molecule has 0 saturated heterocycles. The molecule has 0 atom stereocenters. The molecule has 1 saturated carbocycles. The lowest BCUT2D eigenvalue weighted by atomic mass is 9.79. The van der Waals surface area contributed by atoms with Crippen LogP contribution in [0.15, 0.2) is 29.2 Å². The van der Waals surface area contributed by atoms with Gasteiger partial charge in [0, 0.05) is 11.2 Å². The molecule has 1 aliphatic rings. The Labute approximate surface area is 163 Å². The highest BCUT2D eigenvalue weighted by Gasteiger charge is 2.54. The molecule has 1 aromatic rings. The third-order valence-corrected chi connectivity index (χ3v) is 8.68. The maximum absolute atomic E-state index is 13.0. The van der Waals surface area contributed by atoms with Crippen LogP contribution in [-0.2, 0) is 20.8 Å². The van der Waals surface area contributed by atoms with Gasteiger partial charge in [0.15, 0.2) is 15.6 Å². The normalized spacial score (nSPS) is 17.4. The fourth-order valence-corrected chi connectivity index (χ4v) is 6.16. The number of benzene rings is 1.